The molecular formula is C16H21BFNO3. The van der Waals surface area contributed by atoms with Crippen LogP contribution in [0.1, 0.15) is 45.6 Å². The van der Waals surface area contributed by atoms with Crippen molar-refractivity contribution in [3.05, 3.63) is 29.6 Å². The molecule has 0 radical (unpaired) electrons. The molecule has 1 aromatic rings. The van der Waals surface area contributed by atoms with Gasteiger partial charge in [-0.1, -0.05) is 12.1 Å². The van der Waals surface area contributed by atoms with Crippen LogP contribution < -0.4 is 10.8 Å². The first-order valence-corrected chi connectivity index (χ1v) is 7.61. The lowest BCUT2D eigenvalue weighted by atomic mass is 9.77. The first kappa shape index (κ1) is 15.5. The molecular weight excluding hydrogens is 284 g/mol. The van der Waals surface area contributed by atoms with Crippen LogP contribution in [0.5, 0.6) is 0 Å². The summed E-state index contributed by atoms with van der Waals surface area (Å²) in [5.74, 6) is -0.301. The van der Waals surface area contributed by atoms with Crippen LogP contribution in [0, 0.1) is 5.82 Å². The van der Waals surface area contributed by atoms with Gasteiger partial charge in [-0.2, -0.15) is 0 Å². The molecule has 118 valence electrons. The highest BCUT2D eigenvalue weighted by atomic mass is 19.1. The van der Waals surface area contributed by atoms with E-state index in [-0.39, 0.29) is 17.6 Å². The van der Waals surface area contributed by atoms with Gasteiger partial charge in [-0.25, -0.2) is 4.39 Å². The lowest BCUT2D eigenvalue weighted by Gasteiger charge is -2.32. The van der Waals surface area contributed by atoms with Crippen molar-refractivity contribution in [3.63, 3.8) is 0 Å². The molecule has 0 aliphatic carbocycles. The Hall–Kier alpha value is -1.40. The van der Waals surface area contributed by atoms with Crippen molar-refractivity contribution in [1.82, 2.24) is 5.32 Å². The molecule has 1 atom stereocenters. The molecule has 2 fully saturated rings. The minimum Gasteiger partial charge on any atom is -0.399 e. The van der Waals surface area contributed by atoms with Crippen molar-refractivity contribution in [2.24, 2.45) is 0 Å². The monoisotopic (exact) mass is 305 g/mol. The second-order valence-electron chi connectivity index (χ2n) is 7.07. The van der Waals surface area contributed by atoms with Crippen molar-refractivity contribution in [2.75, 3.05) is 6.54 Å². The SMILES string of the molecule is CC1(C)OB(c2ccc(C3CNC(=O)C3)cc2F)OC1(C)C. The summed E-state index contributed by atoms with van der Waals surface area (Å²) in [4.78, 5) is 11.3. The van der Waals surface area contributed by atoms with Crippen molar-refractivity contribution >= 4 is 18.5 Å². The predicted octanol–water partition coefficient (Wildman–Crippen LogP) is 1.73. The second-order valence-corrected chi connectivity index (χ2v) is 7.07. The fourth-order valence-corrected chi connectivity index (χ4v) is 2.80. The standard InChI is InChI=1S/C16H21BFNO3/c1-15(2)16(3,4)22-17(21-15)12-6-5-10(7-13(12)18)11-8-14(20)19-9-11/h5-7,11H,8-9H2,1-4H3,(H,19,20). The van der Waals surface area contributed by atoms with E-state index >= 15 is 0 Å². The third-order valence-corrected chi connectivity index (χ3v) is 4.98. The first-order valence-electron chi connectivity index (χ1n) is 7.61. The smallest absolute Gasteiger partial charge is 0.399 e. The molecule has 0 bridgehead atoms. The summed E-state index contributed by atoms with van der Waals surface area (Å²) < 4.78 is 26.3. The van der Waals surface area contributed by atoms with Gasteiger partial charge < -0.3 is 14.6 Å². The zero-order valence-electron chi connectivity index (χ0n) is 13.4. The highest BCUT2D eigenvalue weighted by molar-refractivity contribution is 6.62. The van der Waals surface area contributed by atoms with E-state index in [1.54, 1.807) is 6.07 Å². The highest BCUT2D eigenvalue weighted by Crippen LogP contribution is 2.36. The van der Waals surface area contributed by atoms with Crippen LogP contribution in [0.25, 0.3) is 0 Å². The lowest BCUT2D eigenvalue weighted by Crippen LogP contribution is -2.41. The van der Waals surface area contributed by atoms with Gasteiger partial charge in [-0.3, -0.25) is 4.79 Å². The third-order valence-electron chi connectivity index (χ3n) is 4.98. The zero-order chi connectivity index (χ0) is 16.1. The Labute approximate surface area is 130 Å². The van der Waals surface area contributed by atoms with E-state index in [4.69, 9.17) is 9.31 Å². The summed E-state index contributed by atoms with van der Waals surface area (Å²) >= 11 is 0. The fourth-order valence-electron chi connectivity index (χ4n) is 2.80. The van der Waals surface area contributed by atoms with Crippen LogP contribution >= 0.6 is 0 Å². The van der Waals surface area contributed by atoms with Crippen molar-refractivity contribution < 1.29 is 18.5 Å². The lowest BCUT2D eigenvalue weighted by molar-refractivity contribution is -0.119. The number of amides is 1. The van der Waals surface area contributed by atoms with Gasteiger partial charge in [0.05, 0.1) is 11.2 Å². The Bertz CT molecular complexity index is 601. The Morgan fingerprint density at radius 3 is 2.36 bits per heavy atom. The van der Waals surface area contributed by atoms with Gasteiger partial charge in [0.2, 0.25) is 5.91 Å². The number of halogens is 1. The van der Waals surface area contributed by atoms with Crippen LogP contribution in [0.15, 0.2) is 18.2 Å². The maximum atomic E-state index is 14.5. The Morgan fingerprint density at radius 2 is 1.86 bits per heavy atom. The molecule has 4 nitrogen and oxygen atoms in total. The molecule has 0 aromatic heterocycles. The maximum Gasteiger partial charge on any atom is 0.497 e. The quantitative estimate of drug-likeness (QED) is 0.847. The van der Waals surface area contributed by atoms with Crippen LogP contribution in [0.4, 0.5) is 4.39 Å². The van der Waals surface area contributed by atoms with E-state index in [1.807, 2.05) is 33.8 Å². The third kappa shape index (κ3) is 2.54. The van der Waals surface area contributed by atoms with Crippen LogP contribution in [-0.2, 0) is 14.1 Å². The van der Waals surface area contributed by atoms with Gasteiger partial charge >= 0.3 is 7.12 Å². The number of hydrogen-bond donors (Lipinski definition) is 1. The Morgan fingerprint density at radius 1 is 1.23 bits per heavy atom. The number of carbonyl (C=O) groups excluding carboxylic acids is 1. The largest absolute Gasteiger partial charge is 0.497 e. The summed E-state index contributed by atoms with van der Waals surface area (Å²) in [5.41, 5.74) is 0.241. The van der Waals surface area contributed by atoms with Gasteiger partial charge in [0.15, 0.2) is 0 Å². The average Bonchev–Trinajstić information content (AvgIpc) is 2.91. The number of benzene rings is 1. The number of rotatable bonds is 2. The predicted molar refractivity (Wildman–Crippen MR) is 82.5 cm³/mol. The first-order chi connectivity index (χ1) is 10.2. The van der Waals surface area contributed by atoms with Gasteiger partial charge in [0.25, 0.3) is 0 Å². The zero-order valence-corrected chi connectivity index (χ0v) is 13.4. The number of hydrogen-bond acceptors (Lipinski definition) is 3. The molecule has 0 saturated carbocycles. The van der Waals surface area contributed by atoms with Crippen molar-refractivity contribution in [3.8, 4) is 0 Å². The molecule has 2 aliphatic rings. The van der Waals surface area contributed by atoms with Gasteiger partial charge in [-0.15, -0.1) is 0 Å². The summed E-state index contributed by atoms with van der Waals surface area (Å²) in [6.45, 7) is 8.32. The highest BCUT2D eigenvalue weighted by Gasteiger charge is 2.52. The van der Waals surface area contributed by atoms with Gasteiger partial charge in [0, 0.05) is 24.3 Å². The van der Waals surface area contributed by atoms with Gasteiger partial charge in [-0.05, 0) is 39.3 Å². The normalized spacial score (nSPS) is 26.3. The van der Waals surface area contributed by atoms with Crippen LogP contribution in [-0.4, -0.2) is 30.8 Å². The number of nitrogens with one attached hydrogen (secondary N) is 1. The van der Waals surface area contributed by atoms with E-state index in [1.165, 1.54) is 6.07 Å². The van der Waals surface area contributed by atoms with E-state index in [0.29, 0.717) is 18.4 Å². The van der Waals surface area contributed by atoms with Crippen molar-refractivity contribution in [2.45, 2.75) is 51.2 Å². The summed E-state index contributed by atoms with van der Waals surface area (Å²) in [5, 5.41) is 2.77. The molecule has 22 heavy (non-hydrogen) atoms. The molecule has 2 aliphatic heterocycles. The molecule has 3 rings (SSSR count). The molecule has 1 aromatic carbocycles. The topological polar surface area (TPSA) is 47.6 Å². The summed E-state index contributed by atoms with van der Waals surface area (Å²) in [6.07, 6.45) is 0.412. The van der Waals surface area contributed by atoms with E-state index < -0.39 is 18.3 Å². The van der Waals surface area contributed by atoms with Crippen molar-refractivity contribution in [1.29, 1.82) is 0 Å². The van der Waals surface area contributed by atoms with Gasteiger partial charge in [0.1, 0.15) is 5.82 Å². The van der Waals surface area contributed by atoms with E-state index in [9.17, 15) is 9.18 Å². The fraction of sp³-hybridized carbons (Fsp3) is 0.562. The average molecular weight is 305 g/mol. The molecule has 2 saturated heterocycles. The molecule has 1 unspecified atom stereocenters. The molecule has 6 heteroatoms. The Kier molecular flexibility index (Phi) is 3.57. The summed E-state index contributed by atoms with van der Waals surface area (Å²) in [7, 11) is -0.706. The minimum atomic E-state index is -0.706. The molecule has 1 N–H and O–H groups in total. The van der Waals surface area contributed by atoms with E-state index in [2.05, 4.69) is 5.32 Å². The summed E-state index contributed by atoms with van der Waals surface area (Å²) in [6, 6.07) is 5.05. The van der Waals surface area contributed by atoms with Crippen LogP contribution in [0.2, 0.25) is 0 Å². The molecule has 2 heterocycles. The molecule has 0 spiro atoms. The van der Waals surface area contributed by atoms with E-state index in [0.717, 1.165) is 5.56 Å². The van der Waals surface area contributed by atoms with Crippen LogP contribution in [0.3, 0.4) is 0 Å². The Balaban J connectivity index is 1.83. The minimum absolute atomic E-state index is 0.0143. The second kappa shape index (κ2) is 5.06. The maximum absolute atomic E-state index is 14.5. The molecule has 1 amide bonds. The number of carbonyl (C=O) groups is 1.